The number of benzene rings is 1. The minimum absolute atomic E-state index is 0.0187. The van der Waals surface area contributed by atoms with E-state index in [1.54, 1.807) is 0 Å². The molecule has 108 valence electrons. The highest BCUT2D eigenvalue weighted by Crippen LogP contribution is 2.31. The average Bonchev–Trinajstić information content (AvgIpc) is 2.42. The molecule has 0 saturated heterocycles. The Balaban J connectivity index is 4.28. The third-order valence-corrected chi connectivity index (χ3v) is 2.87. The van der Waals surface area contributed by atoms with Gasteiger partial charge in [0.05, 0.1) is 16.7 Å². The molecule has 1 aromatic rings. The Kier molecular flexibility index (Phi) is 4.45. The summed E-state index contributed by atoms with van der Waals surface area (Å²) in [7, 11) is 0. The Hall–Kier alpha value is -3.15. The van der Waals surface area contributed by atoms with Crippen LogP contribution >= 0.6 is 0 Å². The van der Waals surface area contributed by atoms with Crippen molar-refractivity contribution in [1.82, 2.24) is 0 Å². The normalized spacial score (nSPS) is 9.71. The SMILES string of the molecule is C=Cc1c(C=C)c(C(=O)O)c(C(=O)O)c(C(=O)O)c1C=C. The molecular formula is C15H12O6. The monoisotopic (exact) mass is 288 g/mol. The molecule has 0 amide bonds. The maximum absolute atomic E-state index is 11.4. The van der Waals surface area contributed by atoms with Crippen molar-refractivity contribution < 1.29 is 29.7 Å². The first-order chi connectivity index (χ1) is 9.81. The molecule has 0 aliphatic heterocycles. The van der Waals surface area contributed by atoms with E-state index in [4.69, 9.17) is 0 Å². The van der Waals surface area contributed by atoms with Gasteiger partial charge in [0.2, 0.25) is 0 Å². The first kappa shape index (κ1) is 15.9. The van der Waals surface area contributed by atoms with Crippen LogP contribution < -0.4 is 0 Å². The second kappa shape index (κ2) is 5.87. The Morgan fingerprint density at radius 2 is 0.905 bits per heavy atom. The number of carboxylic acids is 3. The van der Waals surface area contributed by atoms with Crippen LogP contribution in [0.3, 0.4) is 0 Å². The molecule has 1 rings (SSSR count). The van der Waals surface area contributed by atoms with Crippen LogP contribution in [0.15, 0.2) is 19.7 Å². The summed E-state index contributed by atoms with van der Waals surface area (Å²) in [6.45, 7) is 10.4. The lowest BCUT2D eigenvalue weighted by molar-refractivity contribution is 0.0633. The van der Waals surface area contributed by atoms with E-state index < -0.39 is 34.6 Å². The summed E-state index contributed by atoms with van der Waals surface area (Å²) in [4.78, 5) is 34.1. The van der Waals surface area contributed by atoms with Gasteiger partial charge in [0.1, 0.15) is 0 Å². The lowest BCUT2D eigenvalue weighted by Gasteiger charge is -2.16. The largest absolute Gasteiger partial charge is 0.478 e. The quantitative estimate of drug-likeness (QED) is 0.742. The number of aromatic carboxylic acids is 3. The molecule has 0 spiro atoms. The summed E-state index contributed by atoms with van der Waals surface area (Å²) in [5.41, 5.74) is -1.99. The molecule has 0 saturated carbocycles. The summed E-state index contributed by atoms with van der Waals surface area (Å²) in [5, 5.41) is 27.7. The van der Waals surface area contributed by atoms with Crippen molar-refractivity contribution >= 4 is 36.1 Å². The van der Waals surface area contributed by atoms with Crippen molar-refractivity contribution in [3.8, 4) is 0 Å². The Morgan fingerprint density at radius 1 is 0.619 bits per heavy atom. The molecule has 0 heterocycles. The Morgan fingerprint density at radius 3 is 1.10 bits per heavy atom. The van der Waals surface area contributed by atoms with Crippen molar-refractivity contribution in [2.75, 3.05) is 0 Å². The lowest BCUT2D eigenvalue weighted by Crippen LogP contribution is -2.19. The van der Waals surface area contributed by atoms with E-state index in [9.17, 15) is 29.7 Å². The van der Waals surface area contributed by atoms with E-state index >= 15 is 0 Å². The van der Waals surface area contributed by atoms with Gasteiger partial charge in [-0.15, -0.1) is 0 Å². The van der Waals surface area contributed by atoms with E-state index in [0.29, 0.717) is 0 Å². The van der Waals surface area contributed by atoms with Crippen molar-refractivity contribution in [2.45, 2.75) is 0 Å². The first-order valence-electron chi connectivity index (χ1n) is 5.62. The summed E-state index contributed by atoms with van der Waals surface area (Å²) >= 11 is 0. The smallest absolute Gasteiger partial charge is 0.337 e. The average molecular weight is 288 g/mol. The van der Waals surface area contributed by atoms with Crippen molar-refractivity contribution in [1.29, 1.82) is 0 Å². The fourth-order valence-electron chi connectivity index (χ4n) is 2.11. The van der Waals surface area contributed by atoms with Crippen LogP contribution in [0.1, 0.15) is 47.8 Å². The van der Waals surface area contributed by atoms with Crippen LogP contribution in [0.2, 0.25) is 0 Å². The van der Waals surface area contributed by atoms with Crippen LogP contribution in [0.25, 0.3) is 18.2 Å². The fraction of sp³-hybridized carbons (Fsp3) is 0. The van der Waals surface area contributed by atoms with E-state index in [-0.39, 0.29) is 16.7 Å². The molecule has 0 aromatic heterocycles. The maximum Gasteiger partial charge on any atom is 0.337 e. The minimum atomic E-state index is -1.66. The standard InChI is InChI=1S/C15H12O6/c1-4-7-8(5-2)10(13(16)17)12(15(20)21)11(14(18)19)9(7)6-3/h4-6H,1-3H2,(H,16,17)(H,18,19)(H,20,21). The number of rotatable bonds is 6. The predicted molar refractivity (Wildman–Crippen MR) is 77.6 cm³/mol. The molecule has 3 N–H and O–H groups in total. The van der Waals surface area contributed by atoms with Gasteiger partial charge in [-0.3, -0.25) is 0 Å². The summed E-state index contributed by atoms with van der Waals surface area (Å²) in [6, 6.07) is 0. The molecule has 0 atom stereocenters. The third-order valence-electron chi connectivity index (χ3n) is 2.87. The molecule has 6 heteroatoms. The van der Waals surface area contributed by atoms with Gasteiger partial charge >= 0.3 is 17.9 Å². The van der Waals surface area contributed by atoms with Crippen molar-refractivity contribution in [3.05, 3.63) is 53.1 Å². The topological polar surface area (TPSA) is 112 Å². The van der Waals surface area contributed by atoms with Gasteiger partial charge < -0.3 is 15.3 Å². The summed E-state index contributed by atoms with van der Waals surface area (Å²) < 4.78 is 0. The molecule has 0 aliphatic carbocycles. The van der Waals surface area contributed by atoms with Gasteiger partial charge in [-0.05, 0) is 16.7 Å². The van der Waals surface area contributed by atoms with Gasteiger partial charge in [-0.25, -0.2) is 14.4 Å². The molecule has 6 nitrogen and oxygen atoms in total. The zero-order valence-corrected chi connectivity index (χ0v) is 10.9. The second-order valence-corrected chi connectivity index (χ2v) is 3.89. The van der Waals surface area contributed by atoms with Gasteiger partial charge in [0, 0.05) is 0 Å². The highest BCUT2D eigenvalue weighted by atomic mass is 16.4. The van der Waals surface area contributed by atoms with Gasteiger partial charge in [0.25, 0.3) is 0 Å². The molecule has 21 heavy (non-hydrogen) atoms. The molecular weight excluding hydrogens is 276 g/mol. The zero-order chi connectivity index (χ0) is 16.3. The van der Waals surface area contributed by atoms with Gasteiger partial charge in [0.15, 0.2) is 0 Å². The summed E-state index contributed by atoms with van der Waals surface area (Å²) in [6.07, 6.45) is 3.52. The van der Waals surface area contributed by atoms with E-state index in [2.05, 4.69) is 19.7 Å². The Labute approximate surface area is 120 Å². The highest BCUT2D eigenvalue weighted by Gasteiger charge is 2.31. The highest BCUT2D eigenvalue weighted by molar-refractivity contribution is 6.13. The lowest BCUT2D eigenvalue weighted by atomic mass is 9.86. The molecule has 0 radical (unpaired) electrons. The number of carboxylic acid groups (broad SMARTS) is 3. The molecule has 1 aromatic carbocycles. The van der Waals surface area contributed by atoms with Crippen molar-refractivity contribution in [2.24, 2.45) is 0 Å². The number of hydrogen-bond acceptors (Lipinski definition) is 3. The fourth-order valence-corrected chi connectivity index (χ4v) is 2.11. The molecule has 0 unspecified atom stereocenters. The molecule has 0 fully saturated rings. The third kappa shape index (κ3) is 2.46. The zero-order valence-electron chi connectivity index (χ0n) is 10.9. The van der Waals surface area contributed by atoms with Gasteiger partial charge in [-0.2, -0.15) is 0 Å². The van der Waals surface area contributed by atoms with Crippen LogP contribution in [0, 0.1) is 0 Å². The van der Waals surface area contributed by atoms with E-state index in [1.807, 2.05) is 0 Å². The van der Waals surface area contributed by atoms with Crippen LogP contribution in [0.5, 0.6) is 0 Å². The van der Waals surface area contributed by atoms with E-state index in [0.717, 1.165) is 12.2 Å². The summed E-state index contributed by atoms with van der Waals surface area (Å²) in [5.74, 6) is -4.79. The number of carbonyl (C=O) groups is 3. The molecule has 0 aliphatic rings. The van der Waals surface area contributed by atoms with Crippen molar-refractivity contribution in [3.63, 3.8) is 0 Å². The predicted octanol–water partition coefficient (Wildman–Crippen LogP) is 2.71. The van der Waals surface area contributed by atoms with E-state index in [1.165, 1.54) is 6.08 Å². The van der Waals surface area contributed by atoms with Crippen LogP contribution in [-0.2, 0) is 0 Å². The Bertz CT molecular complexity index is 650. The van der Waals surface area contributed by atoms with Crippen LogP contribution in [-0.4, -0.2) is 33.2 Å². The minimum Gasteiger partial charge on any atom is -0.478 e. The number of hydrogen-bond donors (Lipinski definition) is 3. The van der Waals surface area contributed by atoms with Crippen LogP contribution in [0.4, 0.5) is 0 Å². The second-order valence-electron chi connectivity index (χ2n) is 3.89. The molecule has 0 bridgehead atoms. The first-order valence-corrected chi connectivity index (χ1v) is 5.62. The van der Waals surface area contributed by atoms with Gasteiger partial charge in [-0.1, -0.05) is 38.0 Å². The maximum atomic E-state index is 11.4.